The van der Waals surface area contributed by atoms with E-state index in [2.05, 4.69) is 70.2 Å². The average Bonchev–Trinajstić information content (AvgIpc) is 2.71. The molecule has 0 radical (unpaired) electrons. The quantitative estimate of drug-likeness (QED) is 0.171. The van der Waals surface area contributed by atoms with Crippen LogP contribution in [0.25, 0.3) is 0 Å². The molecule has 1 atom stereocenters. The normalized spacial score (nSPS) is 13.3. The van der Waals surface area contributed by atoms with Crippen molar-refractivity contribution in [1.29, 1.82) is 0 Å². The van der Waals surface area contributed by atoms with Gasteiger partial charge in [-0.3, -0.25) is 0 Å². The number of rotatable bonds is 16. The predicted molar refractivity (Wildman–Crippen MR) is 124 cm³/mol. The first-order valence-electron chi connectivity index (χ1n) is 11.5. The van der Waals surface area contributed by atoms with Crippen molar-refractivity contribution < 1.29 is 4.74 Å². The Balaban J connectivity index is 2.50. The molecule has 0 fully saturated rings. The molecule has 154 valence electrons. The van der Waals surface area contributed by atoms with Gasteiger partial charge < -0.3 is 0 Å². The average molecular weight is 479 g/mol. The Morgan fingerprint density at radius 2 is 1.41 bits per heavy atom. The summed E-state index contributed by atoms with van der Waals surface area (Å²) in [6.45, 7) is 10.0. The molecule has 0 aliphatic carbocycles. The summed E-state index contributed by atoms with van der Waals surface area (Å²) >= 11 is -1.98. The first kappa shape index (κ1) is 24.8. The molecule has 0 heterocycles. The SMILES string of the molecule is CCC[CH2][Sn]([CH2]/C=C/C[C@@H](C)OCc1ccccc1)([CH2]CCC)[CH2]CCC. The van der Waals surface area contributed by atoms with Crippen LogP contribution in [0.4, 0.5) is 0 Å². The van der Waals surface area contributed by atoms with Crippen LogP contribution in [-0.2, 0) is 11.3 Å². The molecule has 0 aliphatic rings. The Morgan fingerprint density at radius 1 is 0.852 bits per heavy atom. The zero-order valence-corrected chi connectivity index (χ0v) is 21.4. The molecule has 1 aromatic rings. The molecule has 0 aromatic heterocycles. The zero-order chi connectivity index (χ0) is 19.8. The van der Waals surface area contributed by atoms with Crippen LogP contribution in [0, 0.1) is 0 Å². The van der Waals surface area contributed by atoms with E-state index >= 15 is 0 Å². The molecule has 1 nitrogen and oxygen atoms in total. The van der Waals surface area contributed by atoms with Gasteiger partial charge in [0.25, 0.3) is 0 Å². The topological polar surface area (TPSA) is 9.23 Å². The van der Waals surface area contributed by atoms with Gasteiger partial charge in [0.1, 0.15) is 0 Å². The van der Waals surface area contributed by atoms with Crippen molar-refractivity contribution in [2.24, 2.45) is 0 Å². The van der Waals surface area contributed by atoms with Crippen molar-refractivity contribution in [3.05, 3.63) is 48.0 Å². The summed E-state index contributed by atoms with van der Waals surface area (Å²) in [4.78, 5) is 0. The minimum atomic E-state index is -1.98. The number of benzene rings is 1. The van der Waals surface area contributed by atoms with Crippen LogP contribution in [0.15, 0.2) is 42.5 Å². The van der Waals surface area contributed by atoms with Gasteiger partial charge in [0, 0.05) is 0 Å². The fourth-order valence-electron chi connectivity index (χ4n) is 3.84. The summed E-state index contributed by atoms with van der Waals surface area (Å²) in [6, 6.07) is 10.5. The van der Waals surface area contributed by atoms with Crippen molar-refractivity contribution in [1.82, 2.24) is 0 Å². The molecule has 2 heteroatoms. The third-order valence-corrected chi connectivity index (χ3v) is 21.0. The second-order valence-corrected chi connectivity index (χ2v) is 22.3. The van der Waals surface area contributed by atoms with Crippen molar-refractivity contribution in [3.8, 4) is 0 Å². The van der Waals surface area contributed by atoms with Crippen molar-refractivity contribution >= 4 is 18.4 Å². The Hall–Kier alpha value is -0.281. The van der Waals surface area contributed by atoms with E-state index in [0.29, 0.717) is 6.10 Å². The summed E-state index contributed by atoms with van der Waals surface area (Å²) in [5, 5.41) is 0. The second kappa shape index (κ2) is 15.6. The van der Waals surface area contributed by atoms with Gasteiger partial charge in [-0.1, -0.05) is 0 Å². The molecule has 0 saturated heterocycles. The van der Waals surface area contributed by atoms with Gasteiger partial charge in [-0.25, -0.2) is 0 Å². The van der Waals surface area contributed by atoms with Crippen LogP contribution in [0.5, 0.6) is 0 Å². The second-order valence-electron chi connectivity index (χ2n) is 8.33. The number of allylic oxidation sites excluding steroid dienone is 1. The maximum atomic E-state index is 6.02. The van der Waals surface area contributed by atoms with E-state index < -0.39 is 18.4 Å². The number of hydrogen-bond donors (Lipinski definition) is 0. The van der Waals surface area contributed by atoms with Gasteiger partial charge in [0.15, 0.2) is 0 Å². The van der Waals surface area contributed by atoms with Crippen LogP contribution in [0.3, 0.4) is 0 Å². The number of ether oxygens (including phenoxy) is 1. The van der Waals surface area contributed by atoms with Crippen molar-refractivity contribution in [2.45, 2.75) is 103 Å². The fourth-order valence-corrected chi connectivity index (χ4v) is 19.1. The molecular formula is C25H44OSn. The molecular weight excluding hydrogens is 435 g/mol. The van der Waals surface area contributed by atoms with Gasteiger partial charge in [0.2, 0.25) is 0 Å². The van der Waals surface area contributed by atoms with Crippen LogP contribution < -0.4 is 0 Å². The molecule has 27 heavy (non-hydrogen) atoms. The van der Waals surface area contributed by atoms with E-state index in [1.54, 1.807) is 13.3 Å². The molecule has 0 aliphatic heterocycles. The number of unbranched alkanes of at least 4 members (excludes halogenated alkanes) is 3. The van der Waals surface area contributed by atoms with Gasteiger partial charge >= 0.3 is 174 Å². The molecule has 1 aromatic carbocycles. The van der Waals surface area contributed by atoms with Crippen LogP contribution >= 0.6 is 0 Å². The number of hydrogen-bond acceptors (Lipinski definition) is 1. The third kappa shape index (κ3) is 11.3. The third-order valence-electron chi connectivity index (χ3n) is 5.74. The first-order chi connectivity index (χ1) is 13.2. The molecule has 0 amide bonds. The van der Waals surface area contributed by atoms with Crippen LogP contribution in [0.2, 0.25) is 17.7 Å². The van der Waals surface area contributed by atoms with Crippen molar-refractivity contribution in [3.63, 3.8) is 0 Å². The molecule has 0 spiro atoms. The summed E-state index contributed by atoms with van der Waals surface area (Å²) < 4.78 is 12.3. The molecule has 1 rings (SSSR count). The van der Waals surface area contributed by atoms with E-state index in [1.165, 1.54) is 48.5 Å². The Labute approximate surface area is 173 Å². The predicted octanol–water partition coefficient (Wildman–Crippen LogP) is 8.39. The van der Waals surface area contributed by atoms with Crippen LogP contribution in [0.1, 0.15) is 78.2 Å². The Morgan fingerprint density at radius 3 is 1.93 bits per heavy atom. The summed E-state index contributed by atoms with van der Waals surface area (Å²) in [6.07, 6.45) is 14.8. The Bertz CT molecular complexity index is 461. The van der Waals surface area contributed by atoms with Gasteiger partial charge in [-0.15, -0.1) is 0 Å². The first-order valence-corrected chi connectivity index (χ1v) is 19.5. The summed E-state index contributed by atoms with van der Waals surface area (Å²) in [5.41, 5.74) is 1.27. The standard InChI is InChI=1S/C13H17O.3C4H9.Sn/c1-3-4-8-12(2)14-11-13-9-6-5-7-10-13;3*1-3-4-2;/h3-7,9-10,12H,1,8,11H2,2H3;3*1,3-4H2,2H3;/b4-3+;;;;/t12-;;;;/m1..../s1. The van der Waals surface area contributed by atoms with Gasteiger partial charge in [0.05, 0.1) is 0 Å². The van der Waals surface area contributed by atoms with E-state index in [0.717, 1.165) is 13.0 Å². The summed E-state index contributed by atoms with van der Waals surface area (Å²) in [5.74, 6) is 0. The van der Waals surface area contributed by atoms with Crippen LogP contribution in [-0.4, -0.2) is 24.5 Å². The fraction of sp³-hybridized carbons (Fsp3) is 0.680. The van der Waals surface area contributed by atoms with E-state index in [1.807, 2.05) is 0 Å². The molecule has 0 saturated carbocycles. The minimum absolute atomic E-state index is 0.299. The molecule has 0 N–H and O–H groups in total. The maximum absolute atomic E-state index is 6.02. The van der Waals surface area contributed by atoms with Crippen molar-refractivity contribution in [2.75, 3.05) is 0 Å². The summed E-state index contributed by atoms with van der Waals surface area (Å²) in [7, 11) is 0. The zero-order valence-electron chi connectivity index (χ0n) is 18.5. The van der Waals surface area contributed by atoms with Gasteiger partial charge in [-0.05, 0) is 0 Å². The van der Waals surface area contributed by atoms with E-state index in [9.17, 15) is 0 Å². The van der Waals surface area contributed by atoms with E-state index in [4.69, 9.17) is 4.74 Å². The molecule has 0 unspecified atom stereocenters. The van der Waals surface area contributed by atoms with E-state index in [-0.39, 0.29) is 0 Å². The monoisotopic (exact) mass is 480 g/mol. The molecule has 0 bridgehead atoms. The van der Waals surface area contributed by atoms with Gasteiger partial charge in [-0.2, -0.15) is 0 Å². The Kier molecular flexibility index (Phi) is 14.3.